The number of halogens is 1. The summed E-state index contributed by atoms with van der Waals surface area (Å²) in [5.74, 6) is 0.637. The summed E-state index contributed by atoms with van der Waals surface area (Å²) in [5, 5.41) is 8.77. The van der Waals surface area contributed by atoms with Crippen molar-refractivity contribution in [1.29, 1.82) is 0 Å². The maximum absolute atomic E-state index is 4.32. The van der Waals surface area contributed by atoms with Crippen LogP contribution in [0, 0.1) is 5.92 Å². The number of aromatic nitrogens is 2. The van der Waals surface area contributed by atoms with E-state index in [-0.39, 0.29) is 0 Å². The summed E-state index contributed by atoms with van der Waals surface area (Å²) in [4.78, 5) is 0. The third-order valence-electron chi connectivity index (χ3n) is 2.29. The summed E-state index contributed by atoms with van der Waals surface area (Å²) >= 11 is 3.51. The van der Waals surface area contributed by atoms with Gasteiger partial charge in [-0.1, -0.05) is 29.8 Å². The lowest BCUT2D eigenvalue weighted by molar-refractivity contribution is 0.430. The van der Waals surface area contributed by atoms with Crippen molar-refractivity contribution in [1.82, 2.24) is 15.1 Å². The number of hydrogen-bond donors (Lipinski definition) is 1. The van der Waals surface area contributed by atoms with Gasteiger partial charge in [-0.25, -0.2) is 0 Å². The van der Waals surface area contributed by atoms with Crippen molar-refractivity contribution < 1.29 is 0 Å². The van der Waals surface area contributed by atoms with Crippen molar-refractivity contribution in [2.24, 2.45) is 13.0 Å². The molecule has 14 heavy (non-hydrogen) atoms. The molecule has 0 aliphatic carbocycles. The molecule has 3 nitrogen and oxygen atoms in total. The first-order chi connectivity index (χ1) is 6.63. The van der Waals surface area contributed by atoms with Gasteiger partial charge in [-0.15, -0.1) is 0 Å². The molecule has 0 saturated heterocycles. The van der Waals surface area contributed by atoms with Gasteiger partial charge in [-0.3, -0.25) is 4.68 Å². The van der Waals surface area contributed by atoms with Crippen LogP contribution in [0.15, 0.2) is 12.3 Å². The molecule has 1 aromatic rings. The van der Waals surface area contributed by atoms with Crippen LogP contribution in [0.5, 0.6) is 0 Å². The summed E-state index contributed by atoms with van der Waals surface area (Å²) in [6.07, 6.45) is 1.97. The lowest BCUT2D eigenvalue weighted by Gasteiger charge is -2.19. The number of nitrogens with one attached hydrogen (secondary N) is 1. The molecule has 0 radical (unpaired) electrons. The van der Waals surface area contributed by atoms with Crippen molar-refractivity contribution in [2.75, 3.05) is 5.33 Å². The standard InChI is InChI=1S/C10H18BrN3/c1-8(2)10(6-11)12-7-9-4-5-14(3)13-9/h4-5,8,10,12H,6-7H2,1-3H3. The van der Waals surface area contributed by atoms with E-state index < -0.39 is 0 Å². The predicted octanol–water partition coefficient (Wildman–Crippen LogP) is 1.93. The average Bonchev–Trinajstić information content (AvgIpc) is 2.52. The minimum absolute atomic E-state index is 0.511. The van der Waals surface area contributed by atoms with Crippen LogP contribution < -0.4 is 5.32 Å². The van der Waals surface area contributed by atoms with E-state index >= 15 is 0 Å². The molecule has 0 amide bonds. The Morgan fingerprint density at radius 1 is 1.57 bits per heavy atom. The number of hydrogen-bond acceptors (Lipinski definition) is 2. The SMILES string of the molecule is CC(C)C(CBr)NCc1ccn(C)n1. The molecule has 1 N–H and O–H groups in total. The van der Waals surface area contributed by atoms with Crippen LogP contribution in [0.1, 0.15) is 19.5 Å². The third kappa shape index (κ3) is 3.42. The Bertz CT molecular complexity index is 270. The lowest BCUT2D eigenvalue weighted by atomic mass is 10.1. The van der Waals surface area contributed by atoms with Crippen LogP contribution in [0.2, 0.25) is 0 Å². The summed E-state index contributed by atoms with van der Waals surface area (Å²) in [6.45, 7) is 5.28. The minimum atomic E-state index is 0.511. The fraction of sp³-hybridized carbons (Fsp3) is 0.700. The Kier molecular flexibility index (Phi) is 4.62. The normalized spacial score (nSPS) is 13.5. The second-order valence-corrected chi connectivity index (χ2v) is 4.51. The fourth-order valence-corrected chi connectivity index (χ4v) is 2.24. The molecule has 1 aromatic heterocycles. The average molecular weight is 260 g/mol. The van der Waals surface area contributed by atoms with E-state index in [0.29, 0.717) is 12.0 Å². The van der Waals surface area contributed by atoms with Gasteiger partial charge in [0.1, 0.15) is 0 Å². The van der Waals surface area contributed by atoms with E-state index in [2.05, 4.69) is 40.2 Å². The maximum Gasteiger partial charge on any atom is 0.0762 e. The van der Waals surface area contributed by atoms with Gasteiger partial charge in [0.25, 0.3) is 0 Å². The van der Waals surface area contributed by atoms with E-state index in [1.807, 2.05) is 24.0 Å². The molecular formula is C10H18BrN3. The molecule has 1 atom stereocenters. The molecule has 0 fully saturated rings. The zero-order valence-corrected chi connectivity index (χ0v) is 10.6. The molecule has 1 heterocycles. The number of nitrogens with zero attached hydrogens (tertiary/aromatic N) is 2. The Labute approximate surface area is 94.0 Å². The van der Waals surface area contributed by atoms with Crippen LogP contribution >= 0.6 is 15.9 Å². The monoisotopic (exact) mass is 259 g/mol. The summed E-state index contributed by atoms with van der Waals surface area (Å²) in [7, 11) is 1.94. The zero-order chi connectivity index (χ0) is 10.6. The second-order valence-electron chi connectivity index (χ2n) is 3.87. The summed E-state index contributed by atoms with van der Waals surface area (Å²) < 4.78 is 1.83. The summed E-state index contributed by atoms with van der Waals surface area (Å²) in [5.41, 5.74) is 1.10. The summed E-state index contributed by atoms with van der Waals surface area (Å²) in [6, 6.07) is 2.55. The first-order valence-electron chi connectivity index (χ1n) is 4.91. The van der Waals surface area contributed by atoms with Gasteiger partial charge in [-0.2, -0.15) is 5.10 Å². The van der Waals surface area contributed by atoms with Crippen molar-refractivity contribution in [3.63, 3.8) is 0 Å². The van der Waals surface area contributed by atoms with E-state index in [1.165, 1.54) is 0 Å². The quantitative estimate of drug-likeness (QED) is 0.820. The lowest BCUT2D eigenvalue weighted by Crippen LogP contribution is -2.34. The van der Waals surface area contributed by atoms with Crippen molar-refractivity contribution in [3.8, 4) is 0 Å². The Hall–Kier alpha value is -0.350. The van der Waals surface area contributed by atoms with E-state index in [0.717, 1.165) is 17.6 Å². The first-order valence-corrected chi connectivity index (χ1v) is 6.03. The van der Waals surface area contributed by atoms with Gasteiger partial charge < -0.3 is 5.32 Å². The number of rotatable bonds is 5. The van der Waals surface area contributed by atoms with Gasteiger partial charge in [-0.05, 0) is 12.0 Å². The zero-order valence-electron chi connectivity index (χ0n) is 9.00. The molecule has 0 saturated carbocycles. The highest BCUT2D eigenvalue weighted by Gasteiger charge is 2.10. The number of aryl methyl sites for hydroxylation is 1. The van der Waals surface area contributed by atoms with Crippen LogP contribution in [-0.2, 0) is 13.6 Å². The van der Waals surface area contributed by atoms with Gasteiger partial charge in [0.15, 0.2) is 0 Å². The molecule has 4 heteroatoms. The molecule has 0 aliphatic heterocycles. The smallest absolute Gasteiger partial charge is 0.0762 e. The highest BCUT2D eigenvalue weighted by molar-refractivity contribution is 9.09. The Balaban J connectivity index is 2.39. The van der Waals surface area contributed by atoms with Crippen molar-refractivity contribution in [3.05, 3.63) is 18.0 Å². The molecule has 1 rings (SSSR count). The third-order valence-corrected chi connectivity index (χ3v) is 2.98. The van der Waals surface area contributed by atoms with Crippen molar-refractivity contribution >= 4 is 15.9 Å². The van der Waals surface area contributed by atoms with Gasteiger partial charge in [0.05, 0.1) is 5.69 Å². The molecule has 0 aromatic carbocycles. The van der Waals surface area contributed by atoms with Crippen LogP contribution in [-0.4, -0.2) is 21.2 Å². The van der Waals surface area contributed by atoms with Crippen molar-refractivity contribution in [2.45, 2.75) is 26.4 Å². The number of alkyl halides is 1. The molecule has 1 unspecified atom stereocenters. The van der Waals surface area contributed by atoms with E-state index in [4.69, 9.17) is 0 Å². The Morgan fingerprint density at radius 2 is 2.29 bits per heavy atom. The minimum Gasteiger partial charge on any atom is -0.307 e. The fourth-order valence-electron chi connectivity index (χ4n) is 1.26. The van der Waals surface area contributed by atoms with Gasteiger partial charge >= 0.3 is 0 Å². The van der Waals surface area contributed by atoms with Gasteiger partial charge in [0.2, 0.25) is 0 Å². The topological polar surface area (TPSA) is 29.9 Å². The highest BCUT2D eigenvalue weighted by Crippen LogP contribution is 2.05. The molecule has 0 aliphatic rings. The van der Waals surface area contributed by atoms with Crippen LogP contribution in [0.25, 0.3) is 0 Å². The molecule has 80 valence electrons. The van der Waals surface area contributed by atoms with E-state index in [9.17, 15) is 0 Å². The Morgan fingerprint density at radius 3 is 2.71 bits per heavy atom. The maximum atomic E-state index is 4.32. The van der Waals surface area contributed by atoms with E-state index in [1.54, 1.807) is 0 Å². The second kappa shape index (κ2) is 5.51. The molecule has 0 bridgehead atoms. The first kappa shape index (κ1) is 11.7. The van der Waals surface area contributed by atoms with Crippen LogP contribution in [0.3, 0.4) is 0 Å². The highest BCUT2D eigenvalue weighted by atomic mass is 79.9. The van der Waals surface area contributed by atoms with Crippen LogP contribution in [0.4, 0.5) is 0 Å². The largest absolute Gasteiger partial charge is 0.307 e. The molecular weight excluding hydrogens is 242 g/mol. The molecule has 0 spiro atoms. The predicted molar refractivity (Wildman–Crippen MR) is 62.5 cm³/mol. The van der Waals surface area contributed by atoms with Gasteiger partial charge in [0, 0.05) is 31.2 Å².